The van der Waals surface area contributed by atoms with E-state index in [1.54, 1.807) is 7.05 Å². The summed E-state index contributed by atoms with van der Waals surface area (Å²) in [6, 6.07) is 10.2. The summed E-state index contributed by atoms with van der Waals surface area (Å²) >= 11 is 3.44. The third kappa shape index (κ3) is 4.60. The Balaban J connectivity index is 1.92. The van der Waals surface area contributed by atoms with E-state index in [-0.39, 0.29) is 0 Å². The van der Waals surface area contributed by atoms with Gasteiger partial charge in [-0.1, -0.05) is 33.2 Å². The zero-order valence-electron chi connectivity index (χ0n) is 12.4. The van der Waals surface area contributed by atoms with Crippen molar-refractivity contribution in [2.75, 3.05) is 14.1 Å². The topological polar surface area (TPSA) is 53.7 Å². The Kier molecular flexibility index (Phi) is 5.38. The zero-order chi connectivity index (χ0) is 15.2. The molecule has 0 fully saturated rings. The lowest BCUT2D eigenvalue weighted by atomic mass is 10.2. The van der Waals surface area contributed by atoms with Crippen LogP contribution in [0.1, 0.15) is 17.0 Å². The first-order valence-electron chi connectivity index (χ1n) is 6.67. The Bertz CT molecular complexity index is 606. The molecule has 6 heteroatoms. The fourth-order valence-corrected chi connectivity index (χ4v) is 2.25. The van der Waals surface area contributed by atoms with E-state index in [4.69, 9.17) is 4.52 Å². The molecule has 0 saturated carbocycles. The van der Waals surface area contributed by atoms with E-state index < -0.39 is 0 Å². The molecule has 0 aliphatic heterocycles. The lowest BCUT2D eigenvalue weighted by molar-refractivity contribution is 0.373. The van der Waals surface area contributed by atoms with E-state index in [9.17, 15) is 0 Å². The van der Waals surface area contributed by atoms with Crippen molar-refractivity contribution in [2.45, 2.75) is 20.0 Å². The number of hydrogen-bond acceptors (Lipinski definition) is 3. The second-order valence-electron chi connectivity index (χ2n) is 4.82. The lowest BCUT2D eigenvalue weighted by Crippen LogP contribution is -2.37. The van der Waals surface area contributed by atoms with Crippen molar-refractivity contribution in [2.24, 2.45) is 4.99 Å². The maximum absolute atomic E-state index is 5.18. The Labute approximate surface area is 133 Å². The monoisotopic (exact) mass is 350 g/mol. The van der Waals surface area contributed by atoms with Crippen molar-refractivity contribution in [3.8, 4) is 0 Å². The number of aryl methyl sites for hydroxylation is 1. The maximum atomic E-state index is 5.18. The minimum absolute atomic E-state index is 0.568. The molecule has 21 heavy (non-hydrogen) atoms. The third-order valence-electron chi connectivity index (χ3n) is 3.00. The van der Waals surface area contributed by atoms with E-state index in [2.05, 4.69) is 48.4 Å². The molecule has 0 aliphatic rings. The van der Waals surface area contributed by atoms with Crippen LogP contribution in [0.2, 0.25) is 0 Å². The number of rotatable bonds is 4. The van der Waals surface area contributed by atoms with Crippen LogP contribution >= 0.6 is 15.9 Å². The average Bonchev–Trinajstić information content (AvgIpc) is 2.88. The highest BCUT2D eigenvalue weighted by Crippen LogP contribution is 2.12. The predicted molar refractivity (Wildman–Crippen MR) is 87.0 cm³/mol. The van der Waals surface area contributed by atoms with Crippen LogP contribution in [0.25, 0.3) is 0 Å². The molecule has 0 radical (unpaired) electrons. The quantitative estimate of drug-likeness (QED) is 0.680. The van der Waals surface area contributed by atoms with Gasteiger partial charge in [-0.2, -0.15) is 0 Å². The molecule has 0 saturated heterocycles. The summed E-state index contributed by atoms with van der Waals surface area (Å²) in [7, 11) is 3.77. The highest BCUT2D eigenvalue weighted by Gasteiger charge is 2.08. The molecule has 112 valence electrons. The minimum atomic E-state index is 0.568. The van der Waals surface area contributed by atoms with Crippen molar-refractivity contribution in [3.63, 3.8) is 0 Å². The number of halogens is 1. The van der Waals surface area contributed by atoms with E-state index in [1.807, 2.05) is 32.2 Å². The number of nitrogens with zero attached hydrogens (tertiary/aromatic N) is 3. The van der Waals surface area contributed by atoms with Crippen molar-refractivity contribution < 1.29 is 4.52 Å². The predicted octanol–water partition coefficient (Wildman–Crippen LogP) is 2.95. The second-order valence-corrected chi connectivity index (χ2v) is 5.73. The number of benzene rings is 1. The van der Waals surface area contributed by atoms with Gasteiger partial charge in [0, 0.05) is 31.2 Å². The highest BCUT2D eigenvalue weighted by molar-refractivity contribution is 9.10. The van der Waals surface area contributed by atoms with Crippen LogP contribution in [0.4, 0.5) is 0 Å². The summed E-state index contributed by atoms with van der Waals surface area (Å²) in [6.07, 6.45) is 0. The Morgan fingerprint density at radius 3 is 2.67 bits per heavy atom. The summed E-state index contributed by atoms with van der Waals surface area (Å²) in [5, 5.41) is 7.13. The number of hydrogen-bond donors (Lipinski definition) is 1. The molecular formula is C15H19BrN4O. The molecule has 1 aromatic carbocycles. The van der Waals surface area contributed by atoms with Gasteiger partial charge < -0.3 is 14.7 Å². The van der Waals surface area contributed by atoms with Gasteiger partial charge in [-0.3, -0.25) is 4.99 Å². The van der Waals surface area contributed by atoms with E-state index in [1.165, 1.54) is 5.56 Å². The van der Waals surface area contributed by atoms with Crippen LogP contribution in [0.5, 0.6) is 0 Å². The zero-order valence-corrected chi connectivity index (χ0v) is 14.0. The standard InChI is InChI=1S/C15H19BrN4O/c1-11-8-14(21-19-11)9-18-15(17-2)20(3)10-12-4-6-13(16)7-5-12/h4-8H,9-10H2,1-3H3,(H,17,18). The summed E-state index contributed by atoms with van der Waals surface area (Å²) in [6.45, 7) is 3.25. The van der Waals surface area contributed by atoms with Crippen LogP contribution in [0, 0.1) is 6.92 Å². The highest BCUT2D eigenvalue weighted by atomic mass is 79.9. The SMILES string of the molecule is CN=C(NCc1cc(C)no1)N(C)Cc1ccc(Br)cc1. The van der Waals surface area contributed by atoms with Gasteiger partial charge in [-0.05, 0) is 24.6 Å². The van der Waals surface area contributed by atoms with Gasteiger partial charge >= 0.3 is 0 Å². The van der Waals surface area contributed by atoms with Gasteiger partial charge in [0.15, 0.2) is 11.7 Å². The van der Waals surface area contributed by atoms with Gasteiger partial charge in [0.2, 0.25) is 0 Å². The molecule has 2 rings (SSSR count). The van der Waals surface area contributed by atoms with Gasteiger partial charge in [-0.25, -0.2) is 0 Å². The van der Waals surface area contributed by atoms with Crippen molar-refractivity contribution in [1.82, 2.24) is 15.4 Å². The molecular weight excluding hydrogens is 332 g/mol. The molecule has 2 aromatic rings. The number of nitrogens with one attached hydrogen (secondary N) is 1. The first-order valence-corrected chi connectivity index (χ1v) is 7.46. The molecule has 0 bridgehead atoms. The normalized spacial score (nSPS) is 11.5. The maximum Gasteiger partial charge on any atom is 0.194 e. The van der Waals surface area contributed by atoms with Gasteiger partial charge in [-0.15, -0.1) is 0 Å². The van der Waals surface area contributed by atoms with Gasteiger partial charge in [0.1, 0.15) is 0 Å². The number of aromatic nitrogens is 1. The third-order valence-corrected chi connectivity index (χ3v) is 3.53. The first-order chi connectivity index (χ1) is 10.1. The van der Waals surface area contributed by atoms with Crippen LogP contribution in [0.15, 0.2) is 44.3 Å². The Hall–Kier alpha value is -1.82. The molecule has 1 N–H and O–H groups in total. The first kappa shape index (κ1) is 15.6. The fraction of sp³-hybridized carbons (Fsp3) is 0.333. The summed E-state index contributed by atoms with van der Waals surface area (Å²) in [5.41, 5.74) is 2.10. The largest absolute Gasteiger partial charge is 0.359 e. The molecule has 0 aliphatic carbocycles. The Morgan fingerprint density at radius 1 is 1.38 bits per heavy atom. The second kappa shape index (κ2) is 7.26. The van der Waals surface area contributed by atoms with Crippen molar-refractivity contribution >= 4 is 21.9 Å². The molecule has 0 amide bonds. The van der Waals surface area contributed by atoms with Gasteiger partial charge in [0.05, 0.1) is 12.2 Å². The van der Waals surface area contributed by atoms with Crippen LogP contribution in [-0.2, 0) is 13.1 Å². The Morgan fingerprint density at radius 2 is 2.10 bits per heavy atom. The molecule has 1 aromatic heterocycles. The molecule has 0 spiro atoms. The fourth-order valence-electron chi connectivity index (χ4n) is 1.99. The van der Waals surface area contributed by atoms with Crippen LogP contribution in [0.3, 0.4) is 0 Å². The molecule has 5 nitrogen and oxygen atoms in total. The molecule has 0 unspecified atom stereocenters. The van der Waals surface area contributed by atoms with E-state index in [0.29, 0.717) is 6.54 Å². The smallest absolute Gasteiger partial charge is 0.194 e. The summed E-state index contributed by atoms with van der Waals surface area (Å²) < 4.78 is 6.26. The number of guanidine groups is 1. The molecule has 1 heterocycles. The van der Waals surface area contributed by atoms with E-state index in [0.717, 1.165) is 28.4 Å². The van der Waals surface area contributed by atoms with Crippen molar-refractivity contribution in [3.05, 3.63) is 51.8 Å². The minimum Gasteiger partial charge on any atom is -0.359 e. The van der Waals surface area contributed by atoms with Crippen LogP contribution < -0.4 is 5.32 Å². The molecule has 0 atom stereocenters. The van der Waals surface area contributed by atoms with Crippen molar-refractivity contribution in [1.29, 1.82) is 0 Å². The van der Waals surface area contributed by atoms with Gasteiger partial charge in [0.25, 0.3) is 0 Å². The summed E-state index contributed by atoms with van der Waals surface area (Å²) in [4.78, 5) is 6.35. The number of aliphatic imine (C=N–C) groups is 1. The average molecular weight is 351 g/mol. The summed E-state index contributed by atoms with van der Waals surface area (Å²) in [5.74, 6) is 1.61. The van der Waals surface area contributed by atoms with E-state index >= 15 is 0 Å². The lowest BCUT2D eigenvalue weighted by Gasteiger charge is -2.21. The van der Waals surface area contributed by atoms with Crippen LogP contribution in [-0.4, -0.2) is 30.1 Å².